The predicted octanol–water partition coefficient (Wildman–Crippen LogP) is 3.01. The van der Waals surface area contributed by atoms with Gasteiger partial charge in [-0.05, 0) is 38.8 Å². The highest BCUT2D eigenvalue weighted by molar-refractivity contribution is 5.23. The van der Waals surface area contributed by atoms with Gasteiger partial charge in [0.1, 0.15) is 0 Å². The van der Waals surface area contributed by atoms with Gasteiger partial charge in [-0.25, -0.2) is 0 Å². The molecule has 2 nitrogen and oxygen atoms in total. The topological polar surface area (TPSA) is 23.5 Å². The Morgan fingerprint density at radius 1 is 1.33 bits per heavy atom. The molecule has 1 aliphatic heterocycles. The van der Waals surface area contributed by atoms with E-state index in [1.165, 1.54) is 0 Å². The summed E-state index contributed by atoms with van der Waals surface area (Å²) in [7, 11) is 0. The summed E-state index contributed by atoms with van der Waals surface area (Å²) in [6.45, 7) is 8.67. The SMILES string of the molecule is CC[C@](O)(c1ccccc1)[C@H]1CCN(C(C)C)C1. The van der Waals surface area contributed by atoms with Crippen molar-refractivity contribution in [3.05, 3.63) is 35.9 Å². The third-order valence-electron chi connectivity index (χ3n) is 4.44. The number of hydrogen-bond acceptors (Lipinski definition) is 2. The van der Waals surface area contributed by atoms with Crippen LogP contribution >= 0.6 is 0 Å². The molecule has 2 rings (SSSR count). The van der Waals surface area contributed by atoms with Crippen LogP contribution in [0.15, 0.2) is 30.3 Å². The zero-order valence-electron chi connectivity index (χ0n) is 11.8. The second kappa shape index (κ2) is 5.41. The van der Waals surface area contributed by atoms with Crippen molar-refractivity contribution in [2.24, 2.45) is 5.92 Å². The van der Waals surface area contributed by atoms with E-state index in [9.17, 15) is 5.11 Å². The summed E-state index contributed by atoms with van der Waals surface area (Å²) >= 11 is 0. The van der Waals surface area contributed by atoms with E-state index in [0.717, 1.165) is 31.5 Å². The molecule has 100 valence electrons. The van der Waals surface area contributed by atoms with E-state index in [1.54, 1.807) is 0 Å². The van der Waals surface area contributed by atoms with Crippen molar-refractivity contribution in [3.8, 4) is 0 Å². The third kappa shape index (κ3) is 2.45. The minimum Gasteiger partial charge on any atom is -0.385 e. The molecular weight excluding hydrogens is 222 g/mol. The molecule has 2 atom stereocenters. The summed E-state index contributed by atoms with van der Waals surface area (Å²) in [5.74, 6) is 0.354. The van der Waals surface area contributed by atoms with E-state index < -0.39 is 5.60 Å². The third-order valence-corrected chi connectivity index (χ3v) is 4.44. The number of hydrogen-bond donors (Lipinski definition) is 1. The maximum Gasteiger partial charge on any atom is 0.0934 e. The van der Waals surface area contributed by atoms with Gasteiger partial charge in [0.15, 0.2) is 0 Å². The zero-order chi connectivity index (χ0) is 13.2. The number of benzene rings is 1. The maximum atomic E-state index is 11.1. The monoisotopic (exact) mass is 247 g/mol. The molecule has 2 heteroatoms. The standard InChI is InChI=1S/C16H25NO/c1-4-16(18,14-8-6-5-7-9-14)15-10-11-17(12-15)13(2)3/h5-9,13,15,18H,4,10-12H2,1-3H3/t15-,16-/m0/s1. The lowest BCUT2D eigenvalue weighted by molar-refractivity contribution is -0.0250. The van der Waals surface area contributed by atoms with E-state index in [2.05, 4.69) is 37.8 Å². The first-order valence-electron chi connectivity index (χ1n) is 7.10. The molecule has 0 unspecified atom stereocenters. The number of likely N-dealkylation sites (tertiary alicyclic amines) is 1. The molecule has 0 amide bonds. The summed E-state index contributed by atoms with van der Waals surface area (Å²) < 4.78 is 0. The van der Waals surface area contributed by atoms with Crippen LogP contribution in [0, 0.1) is 5.92 Å². The molecule has 1 aromatic carbocycles. The van der Waals surface area contributed by atoms with Gasteiger partial charge in [0.25, 0.3) is 0 Å². The number of aliphatic hydroxyl groups is 1. The Labute approximate surface area is 111 Å². The van der Waals surface area contributed by atoms with Crippen LogP contribution in [-0.2, 0) is 5.60 Å². The van der Waals surface area contributed by atoms with Gasteiger partial charge in [0, 0.05) is 18.5 Å². The molecule has 0 saturated carbocycles. The van der Waals surface area contributed by atoms with Crippen LogP contribution in [-0.4, -0.2) is 29.1 Å². The van der Waals surface area contributed by atoms with Gasteiger partial charge in [-0.1, -0.05) is 37.3 Å². The quantitative estimate of drug-likeness (QED) is 0.884. The fourth-order valence-electron chi connectivity index (χ4n) is 3.10. The summed E-state index contributed by atoms with van der Waals surface area (Å²) in [5.41, 5.74) is 0.411. The molecule has 18 heavy (non-hydrogen) atoms. The molecule has 1 N–H and O–H groups in total. The average molecular weight is 247 g/mol. The van der Waals surface area contributed by atoms with Crippen LogP contribution in [0.3, 0.4) is 0 Å². The molecule has 0 aromatic heterocycles. The normalized spacial score (nSPS) is 24.4. The van der Waals surface area contributed by atoms with Gasteiger partial charge in [0.05, 0.1) is 5.60 Å². The fraction of sp³-hybridized carbons (Fsp3) is 0.625. The predicted molar refractivity (Wildman–Crippen MR) is 75.4 cm³/mol. The van der Waals surface area contributed by atoms with E-state index in [1.807, 2.05) is 18.2 Å². The first-order valence-corrected chi connectivity index (χ1v) is 7.10. The van der Waals surface area contributed by atoms with Crippen LogP contribution < -0.4 is 0 Å². The average Bonchev–Trinajstić information content (AvgIpc) is 2.89. The Balaban J connectivity index is 2.19. The van der Waals surface area contributed by atoms with E-state index in [4.69, 9.17) is 0 Å². The molecule has 1 fully saturated rings. The smallest absolute Gasteiger partial charge is 0.0934 e. The van der Waals surface area contributed by atoms with Crippen molar-refractivity contribution in [3.63, 3.8) is 0 Å². The molecule has 1 saturated heterocycles. The van der Waals surface area contributed by atoms with Crippen LogP contribution in [0.1, 0.15) is 39.2 Å². The minimum absolute atomic E-state index is 0.354. The van der Waals surface area contributed by atoms with E-state index in [0.29, 0.717) is 12.0 Å². The van der Waals surface area contributed by atoms with Gasteiger partial charge in [-0.2, -0.15) is 0 Å². The maximum absolute atomic E-state index is 11.1. The molecule has 0 spiro atoms. The molecule has 0 bridgehead atoms. The van der Waals surface area contributed by atoms with E-state index in [-0.39, 0.29) is 0 Å². The summed E-state index contributed by atoms with van der Waals surface area (Å²) in [6.07, 6.45) is 1.88. The van der Waals surface area contributed by atoms with Gasteiger partial charge < -0.3 is 10.0 Å². The van der Waals surface area contributed by atoms with Gasteiger partial charge >= 0.3 is 0 Å². The molecule has 1 aromatic rings. The number of rotatable bonds is 4. The zero-order valence-corrected chi connectivity index (χ0v) is 11.8. The van der Waals surface area contributed by atoms with Crippen LogP contribution in [0.25, 0.3) is 0 Å². The highest BCUT2D eigenvalue weighted by Gasteiger charge is 2.40. The van der Waals surface area contributed by atoms with Crippen LogP contribution in [0.5, 0.6) is 0 Å². The molecule has 0 aliphatic carbocycles. The largest absolute Gasteiger partial charge is 0.385 e. The highest BCUT2D eigenvalue weighted by Crippen LogP contribution is 2.38. The fourth-order valence-corrected chi connectivity index (χ4v) is 3.10. The first kappa shape index (κ1) is 13.6. The Morgan fingerprint density at radius 3 is 2.50 bits per heavy atom. The Bertz CT molecular complexity index is 376. The number of nitrogens with zero attached hydrogens (tertiary/aromatic N) is 1. The summed E-state index contributed by atoms with van der Waals surface area (Å²) in [5, 5.41) is 11.1. The van der Waals surface area contributed by atoms with Crippen molar-refractivity contribution in [1.29, 1.82) is 0 Å². The van der Waals surface area contributed by atoms with Crippen molar-refractivity contribution < 1.29 is 5.11 Å². The second-order valence-electron chi connectivity index (χ2n) is 5.72. The van der Waals surface area contributed by atoms with Gasteiger partial charge in [-0.15, -0.1) is 0 Å². The highest BCUT2D eigenvalue weighted by atomic mass is 16.3. The van der Waals surface area contributed by atoms with Crippen molar-refractivity contribution in [2.45, 2.75) is 45.3 Å². The van der Waals surface area contributed by atoms with Crippen molar-refractivity contribution >= 4 is 0 Å². The summed E-state index contributed by atoms with van der Waals surface area (Å²) in [4.78, 5) is 2.47. The minimum atomic E-state index is -0.662. The Morgan fingerprint density at radius 2 is 2.00 bits per heavy atom. The van der Waals surface area contributed by atoms with Gasteiger partial charge in [-0.3, -0.25) is 0 Å². The second-order valence-corrected chi connectivity index (χ2v) is 5.72. The Kier molecular flexibility index (Phi) is 4.08. The molecular formula is C16H25NO. The molecule has 1 heterocycles. The van der Waals surface area contributed by atoms with Gasteiger partial charge in [0.2, 0.25) is 0 Å². The van der Waals surface area contributed by atoms with Crippen LogP contribution in [0.4, 0.5) is 0 Å². The van der Waals surface area contributed by atoms with E-state index >= 15 is 0 Å². The van der Waals surface area contributed by atoms with Crippen molar-refractivity contribution in [1.82, 2.24) is 4.90 Å². The molecule has 1 aliphatic rings. The van der Waals surface area contributed by atoms with Crippen LogP contribution in [0.2, 0.25) is 0 Å². The Hall–Kier alpha value is -0.860. The lowest BCUT2D eigenvalue weighted by atomic mass is 9.79. The molecule has 0 radical (unpaired) electrons. The summed E-state index contributed by atoms with van der Waals surface area (Å²) in [6, 6.07) is 10.7. The van der Waals surface area contributed by atoms with Crippen molar-refractivity contribution in [2.75, 3.05) is 13.1 Å². The lowest BCUT2D eigenvalue weighted by Gasteiger charge is -2.34. The first-order chi connectivity index (χ1) is 8.58. The lowest BCUT2D eigenvalue weighted by Crippen LogP contribution is -2.37.